The van der Waals surface area contributed by atoms with Crippen molar-refractivity contribution in [3.8, 4) is 11.3 Å². The van der Waals surface area contributed by atoms with Crippen LogP contribution in [0.2, 0.25) is 0 Å². The third kappa shape index (κ3) is 3.20. The zero-order valence-corrected chi connectivity index (χ0v) is 14.5. The third-order valence-corrected chi connectivity index (χ3v) is 4.19. The van der Waals surface area contributed by atoms with Gasteiger partial charge in [0.2, 0.25) is 0 Å². The number of aromatic carboxylic acids is 1. The number of hydrogen-bond acceptors (Lipinski definition) is 4. The SMILES string of the molecule is CC(C)N(C)c1nc2cc(C(=O)O)ccc2nc1-c1ccc(F)c(F)c1. The molecule has 134 valence electrons. The fraction of sp³-hybridized carbons (Fsp3) is 0.211. The van der Waals surface area contributed by atoms with Gasteiger partial charge in [0.25, 0.3) is 0 Å². The molecule has 7 heteroatoms. The van der Waals surface area contributed by atoms with Gasteiger partial charge in [0.15, 0.2) is 17.5 Å². The van der Waals surface area contributed by atoms with Crippen molar-refractivity contribution in [2.75, 3.05) is 11.9 Å². The van der Waals surface area contributed by atoms with Crippen LogP contribution >= 0.6 is 0 Å². The topological polar surface area (TPSA) is 66.3 Å². The molecule has 0 unspecified atom stereocenters. The Morgan fingerprint density at radius 2 is 1.77 bits per heavy atom. The van der Waals surface area contributed by atoms with Gasteiger partial charge in [-0.3, -0.25) is 0 Å². The second kappa shape index (κ2) is 6.67. The molecule has 3 aromatic rings. The lowest BCUT2D eigenvalue weighted by atomic mass is 10.1. The first kappa shape index (κ1) is 17.7. The third-order valence-electron chi connectivity index (χ3n) is 4.19. The molecule has 1 N–H and O–H groups in total. The van der Waals surface area contributed by atoms with Crippen LogP contribution in [0.1, 0.15) is 24.2 Å². The van der Waals surface area contributed by atoms with E-state index in [9.17, 15) is 13.6 Å². The van der Waals surface area contributed by atoms with Crippen LogP contribution in [-0.4, -0.2) is 34.1 Å². The summed E-state index contributed by atoms with van der Waals surface area (Å²) in [7, 11) is 1.81. The van der Waals surface area contributed by atoms with Gasteiger partial charge in [0.1, 0.15) is 5.69 Å². The van der Waals surface area contributed by atoms with Crippen LogP contribution in [0.25, 0.3) is 22.3 Å². The molecule has 1 heterocycles. The number of benzene rings is 2. The van der Waals surface area contributed by atoms with Crippen LogP contribution in [0, 0.1) is 11.6 Å². The highest BCUT2D eigenvalue weighted by molar-refractivity contribution is 5.93. The van der Waals surface area contributed by atoms with Gasteiger partial charge in [-0.05, 0) is 50.2 Å². The first-order valence-electron chi connectivity index (χ1n) is 8.01. The smallest absolute Gasteiger partial charge is 0.335 e. The van der Waals surface area contributed by atoms with E-state index >= 15 is 0 Å². The molecule has 0 fully saturated rings. The predicted octanol–water partition coefficient (Wildman–Crippen LogP) is 4.12. The molecule has 0 aliphatic carbocycles. The van der Waals surface area contributed by atoms with Crippen molar-refractivity contribution in [2.45, 2.75) is 19.9 Å². The molecule has 3 rings (SSSR count). The number of anilines is 1. The lowest BCUT2D eigenvalue weighted by Crippen LogP contribution is -2.27. The molecule has 0 saturated heterocycles. The van der Waals surface area contributed by atoms with Crippen LogP contribution < -0.4 is 4.90 Å². The molecule has 0 aliphatic rings. The number of carbonyl (C=O) groups is 1. The van der Waals surface area contributed by atoms with Gasteiger partial charge in [0, 0.05) is 18.7 Å². The van der Waals surface area contributed by atoms with E-state index in [1.165, 1.54) is 18.2 Å². The first-order valence-corrected chi connectivity index (χ1v) is 8.01. The summed E-state index contributed by atoms with van der Waals surface area (Å²) in [6, 6.07) is 8.05. The van der Waals surface area contributed by atoms with Crippen LogP contribution in [0.15, 0.2) is 36.4 Å². The Kier molecular flexibility index (Phi) is 4.54. The van der Waals surface area contributed by atoms with Gasteiger partial charge in [-0.1, -0.05) is 0 Å². The Labute approximate surface area is 148 Å². The molecule has 5 nitrogen and oxygen atoms in total. The van der Waals surface area contributed by atoms with E-state index in [0.717, 1.165) is 12.1 Å². The van der Waals surface area contributed by atoms with Gasteiger partial charge in [-0.2, -0.15) is 0 Å². The number of carboxylic acid groups (broad SMARTS) is 1. The average molecular weight is 357 g/mol. The van der Waals surface area contributed by atoms with Crippen molar-refractivity contribution < 1.29 is 18.7 Å². The second-order valence-corrected chi connectivity index (χ2v) is 6.24. The van der Waals surface area contributed by atoms with Crippen LogP contribution in [0.5, 0.6) is 0 Å². The Morgan fingerprint density at radius 3 is 2.38 bits per heavy atom. The summed E-state index contributed by atoms with van der Waals surface area (Å²) >= 11 is 0. The number of carboxylic acids is 1. The van der Waals surface area contributed by atoms with Gasteiger partial charge < -0.3 is 10.0 Å². The molecule has 0 amide bonds. The molecule has 0 spiro atoms. The molecular weight excluding hydrogens is 340 g/mol. The minimum atomic E-state index is -1.06. The Morgan fingerprint density at radius 1 is 1.04 bits per heavy atom. The Bertz CT molecular complexity index is 1010. The van der Waals surface area contributed by atoms with Gasteiger partial charge >= 0.3 is 5.97 Å². The maximum Gasteiger partial charge on any atom is 0.335 e. The van der Waals surface area contributed by atoms with E-state index in [1.54, 1.807) is 6.07 Å². The second-order valence-electron chi connectivity index (χ2n) is 6.24. The summed E-state index contributed by atoms with van der Waals surface area (Å²) in [6.45, 7) is 3.91. The summed E-state index contributed by atoms with van der Waals surface area (Å²) in [5.74, 6) is -2.51. The van der Waals surface area contributed by atoms with E-state index in [1.807, 2.05) is 25.8 Å². The summed E-state index contributed by atoms with van der Waals surface area (Å²) in [5.41, 5.74) is 1.78. The average Bonchev–Trinajstić information content (AvgIpc) is 2.61. The summed E-state index contributed by atoms with van der Waals surface area (Å²) in [6.07, 6.45) is 0. The van der Waals surface area contributed by atoms with Crippen molar-refractivity contribution in [3.05, 3.63) is 53.6 Å². The van der Waals surface area contributed by atoms with Crippen molar-refractivity contribution in [3.63, 3.8) is 0 Å². The van der Waals surface area contributed by atoms with E-state index in [2.05, 4.69) is 9.97 Å². The maximum absolute atomic E-state index is 13.7. The molecule has 0 atom stereocenters. The van der Waals surface area contributed by atoms with Crippen LogP contribution in [-0.2, 0) is 0 Å². The normalized spacial score (nSPS) is 11.2. The highest BCUT2D eigenvalue weighted by Crippen LogP contribution is 2.31. The molecule has 0 radical (unpaired) electrons. The fourth-order valence-corrected chi connectivity index (χ4v) is 2.51. The lowest BCUT2D eigenvalue weighted by Gasteiger charge is -2.25. The number of aromatic nitrogens is 2. The van der Waals surface area contributed by atoms with E-state index in [-0.39, 0.29) is 11.6 Å². The van der Waals surface area contributed by atoms with E-state index < -0.39 is 17.6 Å². The zero-order chi connectivity index (χ0) is 19.0. The molecule has 0 bridgehead atoms. The fourth-order valence-electron chi connectivity index (χ4n) is 2.51. The highest BCUT2D eigenvalue weighted by Gasteiger charge is 2.18. The highest BCUT2D eigenvalue weighted by atomic mass is 19.2. The zero-order valence-electron chi connectivity index (χ0n) is 14.5. The Balaban J connectivity index is 2.28. The summed E-state index contributed by atoms with van der Waals surface area (Å²) < 4.78 is 27.0. The molecule has 2 aromatic carbocycles. The Hall–Kier alpha value is -3.09. The summed E-state index contributed by atoms with van der Waals surface area (Å²) in [5, 5.41) is 9.16. The number of hydrogen-bond donors (Lipinski definition) is 1. The van der Waals surface area contributed by atoms with E-state index in [0.29, 0.717) is 28.1 Å². The molecule has 1 aromatic heterocycles. The standard InChI is InChI=1S/C19H17F2N3O2/c1-10(2)24(3)18-17(11-4-6-13(20)14(21)8-11)22-15-7-5-12(19(25)26)9-16(15)23-18/h4-10H,1-3H3,(H,25,26). The van der Waals surface area contributed by atoms with Crippen LogP contribution in [0.4, 0.5) is 14.6 Å². The lowest BCUT2D eigenvalue weighted by molar-refractivity contribution is 0.0697. The molecule has 26 heavy (non-hydrogen) atoms. The summed E-state index contributed by atoms with van der Waals surface area (Å²) in [4.78, 5) is 22.1. The van der Waals surface area contributed by atoms with Crippen molar-refractivity contribution in [2.24, 2.45) is 0 Å². The van der Waals surface area contributed by atoms with Crippen molar-refractivity contribution >= 4 is 22.8 Å². The van der Waals surface area contributed by atoms with Crippen molar-refractivity contribution in [1.29, 1.82) is 0 Å². The minimum absolute atomic E-state index is 0.0634. The first-order chi connectivity index (χ1) is 12.3. The quantitative estimate of drug-likeness (QED) is 0.761. The number of halogens is 2. The number of fused-ring (bicyclic) bond motifs is 1. The van der Waals surface area contributed by atoms with Crippen LogP contribution in [0.3, 0.4) is 0 Å². The maximum atomic E-state index is 13.7. The van der Waals surface area contributed by atoms with Crippen molar-refractivity contribution in [1.82, 2.24) is 9.97 Å². The predicted molar refractivity (Wildman–Crippen MR) is 95.4 cm³/mol. The van der Waals surface area contributed by atoms with Gasteiger partial charge in [-0.25, -0.2) is 23.5 Å². The van der Waals surface area contributed by atoms with Gasteiger partial charge in [-0.15, -0.1) is 0 Å². The number of nitrogens with zero attached hydrogens (tertiary/aromatic N) is 3. The largest absolute Gasteiger partial charge is 0.478 e. The van der Waals surface area contributed by atoms with Gasteiger partial charge in [0.05, 0.1) is 16.6 Å². The van der Waals surface area contributed by atoms with E-state index in [4.69, 9.17) is 5.11 Å². The molecule has 0 aliphatic heterocycles. The molecular formula is C19H17F2N3O2. The number of rotatable bonds is 4. The molecule has 0 saturated carbocycles. The minimum Gasteiger partial charge on any atom is -0.478 e. The monoisotopic (exact) mass is 357 g/mol.